The van der Waals surface area contributed by atoms with E-state index < -0.39 is 0 Å². The highest BCUT2D eigenvalue weighted by Crippen LogP contribution is 1.53. The number of rotatable bonds is 1. The van der Waals surface area contributed by atoms with E-state index in [1.807, 2.05) is 0 Å². The Morgan fingerprint density at radius 3 is 2.12 bits per heavy atom. The van der Waals surface area contributed by atoms with Crippen LogP contribution < -0.4 is 5.73 Å². The number of hydrogen-bond acceptors (Lipinski definition) is 3. The van der Waals surface area contributed by atoms with E-state index >= 15 is 0 Å². The summed E-state index contributed by atoms with van der Waals surface area (Å²) in [5.74, 6) is 0. The lowest BCUT2D eigenvalue weighted by atomic mass is 10.7. The Balaban J connectivity index is 0. The first kappa shape index (κ1) is 10.5. The van der Waals surface area contributed by atoms with Crippen LogP contribution in [-0.4, -0.2) is 19.5 Å². The largest absolute Gasteiger partial charge is 0.405 e. The number of aliphatic imine (C=N–C) groups is 1. The number of nitrogens with zero attached hydrogens (tertiary/aromatic N) is 1. The third kappa shape index (κ3) is 17.6. The Morgan fingerprint density at radius 2 is 2.00 bits per heavy atom. The van der Waals surface area contributed by atoms with Gasteiger partial charge in [-0.3, -0.25) is 4.99 Å². The number of allylic oxidation sites excluding steroid dienone is 1. The molecule has 0 unspecified atom stereocenters. The summed E-state index contributed by atoms with van der Waals surface area (Å²) in [5.41, 5.74) is 4.94. The molecule has 0 amide bonds. The van der Waals surface area contributed by atoms with Crippen molar-refractivity contribution in [1.82, 2.24) is 0 Å². The highest BCUT2D eigenvalue weighted by Gasteiger charge is 1.49. The first-order chi connectivity index (χ1) is 3.91. The average molecular weight is 132 g/mol. The number of hydrogen-bond donors (Lipinski definition) is 2. The molecule has 0 saturated heterocycles. The second-order valence-electron chi connectivity index (χ2n) is 0.792. The Hall–Kier alpha value is -0.440. The van der Waals surface area contributed by atoms with Crippen LogP contribution in [0.3, 0.4) is 0 Å². The molecule has 0 aliphatic heterocycles. The fraction of sp³-hybridized carbons (Fsp3) is 0.400. The monoisotopic (exact) mass is 132 g/mol. The van der Waals surface area contributed by atoms with Crippen molar-refractivity contribution in [3.05, 3.63) is 12.3 Å². The summed E-state index contributed by atoms with van der Waals surface area (Å²) >= 11 is 3.53. The van der Waals surface area contributed by atoms with Crippen molar-refractivity contribution in [3.63, 3.8) is 0 Å². The molecule has 0 aromatic carbocycles. The summed E-state index contributed by atoms with van der Waals surface area (Å²) < 4.78 is 0. The molecule has 0 aliphatic carbocycles. The van der Waals surface area contributed by atoms with Gasteiger partial charge in [-0.15, -0.1) is 0 Å². The van der Waals surface area contributed by atoms with Crippen molar-refractivity contribution in [1.29, 1.82) is 0 Å². The van der Waals surface area contributed by atoms with Crippen LogP contribution in [0.5, 0.6) is 0 Å². The lowest BCUT2D eigenvalue weighted by Gasteiger charge is -1.64. The van der Waals surface area contributed by atoms with Gasteiger partial charge in [-0.25, -0.2) is 0 Å². The molecule has 0 radical (unpaired) electrons. The van der Waals surface area contributed by atoms with Crippen LogP contribution >= 0.6 is 12.6 Å². The summed E-state index contributed by atoms with van der Waals surface area (Å²) in [5, 5.41) is 0. The molecular weight excluding hydrogens is 120 g/mol. The molecule has 8 heavy (non-hydrogen) atoms. The SMILES string of the molecule is CN=C/C=C\N.CS. The quantitative estimate of drug-likeness (QED) is 0.400. The van der Waals surface area contributed by atoms with Gasteiger partial charge in [0.25, 0.3) is 0 Å². The van der Waals surface area contributed by atoms with Crippen LogP contribution in [0, 0.1) is 0 Å². The molecule has 0 spiro atoms. The number of thiol groups is 1. The first-order valence-electron chi connectivity index (χ1n) is 2.15. The summed E-state index contributed by atoms with van der Waals surface area (Å²) in [6.45, 7) is 0. The average Bonchev–Trinajstić information content (AvgIpc) is 1.88. The lowest BCUT2D eigenvalue weighted by Crippen LogP contribution is -1.74. The van der Waals surface area contributed by atoms with Crippen LogP contribution in [0.2, 0.25) is 0 Å². The highest BCUT2D eigenvalue weighted by molar-refractivity contribution is 7.79. The molecule has 0 aliphatic rings. The fourth-order valence-electron chi connectivity index (χ4n) is 0.136. The van der Waals surface area contributed by atoms with Crippen molar-refractivity contribution in [2.75, 3.05) is 13.3 Å². The normalized spacial score (nSPS) is 9.38. The molecule has 48 valence electrons. The van der Waals surface area contributed by atoms with Crippen molar-refractivity contribution in [2.24, 2.45) is 10.7 Å². The zero-order chi connectivity index (χ0) is 6.83. The van der Waals surface area contributed by atoms with Gasteiger partial charge < -0.3 is 5.73 Å². The summed E-state index contributed by atoms with van der Waals surface area (Å²) in [6.07, 6.45) is 6.42. The summed E-state index contributed by atoms with van der Waals surface area (Å²) in [7, 11) is 1.69. The second-order valence-corrected chi connectivity index (χ2v) is 0.792. The third-order valence-corrected chi connectivity index (χ3v) is 0.346. The van der Waals surface area contributed by atoms with Gasteiger partial charge in [0.2, 0.25) is 0 Å². The van der Waals surface area contributed by atoms with E-state index in [2.05, 4.69) is 17.6 Å². The van der Waals surface area contributed by atoms with Crippen LogP contribution in [0.1, 0.15) is 0 Å². The molecule has 3 heteroatoms. The van der Waals surface area contributed by atoms with E-state index in [-0.39, 0.29) is 0 Å². The van der Waals surface area contributed by atoms with Crippen LogP contribution in [0.25, 0.3) is 0 Å². The maximum Gasteiger partial charge on any atom is 0.0277 e. The molecule has 0 rings (SSSR count). The van der Waals surface area contributed by atoms with Gasteiger partial charge in [-0.05, 0) is 18.5 Å². The number of nitrogens with two attached hydrogens (primary N) is 1. The lowest BCUT2D eigenvalue weighted by molar-refractivity contribution is 1.47. The van der Waals surface area contributed by atoms with Crippen LogP contribution in [-0.2, 0) is 0 Å². The molecule has 0 fully saturated rings. The van der Waals surface area contributed by atoms with Crippen molar-refractivity contribution in [2.45, 2.75) is 0 Å². The van der Waals surface area contributed by atoms with Gasteiger partial charge in [-0.1, -0.05) is 0 Å². The fourth-order valence-corrected chi connectivity index (χ4v) is 0.136. The van der Waals surface area contributed by atoms with E-state index in [0.717, 1.165) is 0 Å². The van der Waals surface area contributed by atoms with E-state index in [1.165, 1.54) is 6.20 Å². The highest BCUT2D eigenvalue weighted by atomic mass is 32.1. The van der Waals surface area contributed by atoms with E-state index in [1.54, 1.807) is 25.6 Å². The minimum Gasteiger partial charge on any atom is -0.405 e. The molecule has 0 aromatic heterocycles. The molecule has 0 saturated carbocycles. The van der Waals surface area contributed by atoms with Crippen LogP contribution in [0.4, 0.5) is 0 Å². The molecule has 0 aromatic rings. The third-order valence-electron chi connectivity index (χ3n) is 0.346. The minimum absolute atomic E-state index is 1.44. The topological polar surface area (TPSA) is 38.4 Å². The van der Waals surface area contributed by atoms with E-state index in [0.29, 0.717) is 0 Å². The van der Waals surface area contributed by atoms with Crippen molar-refractivity contribution >= 4 is 18.8 Å². The van der Waals surface area contributed by atoms with Gasteiger partial charge in [0.05, 0.1) is 0 Å². The summed E-state index contributed by atoms with van der Waals surface area (Å²) in [6, 6.07) is 0. The molecule has 0 atom stereocenters. The summed E-state index contributed by atoms with van der Waals surface area (Å²) in [4.78, 5) is 3.63. The molecular formula is C5H12N2S. The van der Waals surface area contributed by atoms with Crippen LogP contribution in [0.15, 0.2) is 17.3 Å². The zero-order valence-electron chi connectivity index (χ0n) is 5.20. The van der Waals surface area contributed by atoms with Gasteiger partial charge in [0.1, 0.15) is 0 Å². The predicted octanol–water partition coefficient (Wildman–Crippen LogP) is 0.705. The molecule has 2 N–H and O–H groups in total. The van der Waals surface area contributed by atoms with Gasteiger partial charge in [0, 0.05) is 13.3 Å². The zero-order valence-corrected chi connectivity index (χ0v) is 6.10. The van der Waals surface area contributed by atoms with E-state index in [9.17, 15) is 0 Å². The standard InChI is InChI=1S/C4H8N2.CH4S/c1-6-4-2-3-5;1-2/h2-4H,5H2,1H3;2H,1H3/b3-2-,6-4?;. The Morgan fingerprint density at radius 1 is 1.50 bits per heavy atom. The first-order valence-corrected chi connectivity index (χ1v) is 3.05. The van der Waals surface area contributed by atoms with Gasteiger partial charge in [0.15, 0.2) is 0 Å². The Kier molecular flexibility index (Phi) is 21.0. The smallest absolute Gasteiger partial charge is 0.0277 e. The Bertz CT molecular complexity index is 58.8. The van der Waals surface area contributed by atoms with E-state index in [4.69, 9.17) is 5.73 Å². The molecule has 0 heterocycles. The maximum atomic E-state index is 4.94. The second kappa shape index (κ2) is 16.0. The van der Waals surface area contributed by atoms with Gasteiger partial charge in [-0.2, -0.15) is 12.6 Å². The predicted molar refractivity (Wildman–Crippen MR) is 42.7 cm³/mol. The minimum atomic E-state index is 1.44. The molecule has 2 nitrogen and oxygen atoms in total. The Labute approximate surface area is 55.9 Å². The van der Waals surface area contributed by atoms with Gasteiger partial charge >= 0.3 is 0 Å². The molecule has 0 bridgehead atoms. The van der Waals surface area contributed by atoms with Crippen molar-refractivity contribution in [3.8, 4) is 0 Å². The maximum absolute atomic E-state index is 4.94. The van der Waals surface area contributed by atoms with Crippen molar-refractivity contribution < 1.29 is 0 Å².